The molecule has 2 rings (SSSR count). The number of rotatable bonds is 7. The van der Waals surface area contributed by atoms with Gasteiger partial charge in [0.2, 0.25) is 0 Å². The maximum Gasteiger partial charge on any atom is 0.413 e. The average molecular weight is 390 g/mol. The second-order valence-corrected chi connectivity index (χ2v) is 6.23. The van der Waals surface area contributed by atoms with Crippen molar-refractivity contribution >= 4 is 29.8 Å². The van der Waals surface area contributed by atoms with Crippen LogP contribution in [-0.2, 0) is 19.1 Å². The largest absolute Gasteiger partial charge is 0.454 e. The Morgan fingerprint density at radius 1 is 1.04 bits per heavy atom. The predicted molar refractivity (Wildman–Crippen MR) is 96.3 cm³/mol. The molecule has 0 radical (unpaired) electrons. The minimum atomic E-state index is -1.19. The Labute approximate surface area is 162 Å². The number of imide groups is 2. The minimum Gasteiger partial charge on any atom is -0.454 e. The Balaban J connectivity index is 2.13. The number of nitrogens with zero attached hydrogens (tertiary/aromatic N) is 1. The van der Waals surface area contributed by atoms with Gasteiger partial charge in [0.1, 0.15) is 6.04 Å². The van der Waals surface area contributed by atoms with Crippen molar-refractivity contribution in [3.05, 3.63) is 35.4 Å². The lowest BCUT2D eigenvalue weighted by Gasteiger charge is -2.28. The van der Waals surface area contributed by atoms with Crippen LogP contribution in [0.5, 0.6) is 0 Å². The second-order valence-electron chi connectivity index (χ2n) is 6.23. The van der Waals surface area contributed by atoms with E-state index in [2.05, 4.69) is 4.74 Å². The van der Waals surface area contributed by atoms with Gasteiger partial charge in [-0.3, -0.25) is 24.6 Å². The van der Waals surface area contributed by atoms with Crippen molar-refractivity contribution in [2.24, 2.45) is 5.92 Å². The number of alkyl carbamates (subject to hydrolysis) is 1. The summed E-state index contributed by atoms with van der Waals surface area (Å²) in [7, 11) is 0. The molecule has 1 aromatic rings. The molecule has 28 heavy (non-hydrogen) atoms. The van der Waals surface area contributed by atoms with Crippen LogP contribution in [0.1, 0.15) is 47.9 Å². The van der Waals surface area contributed by atoms with Gasteiger partial charge in [0, 0.05) is 0 Å². The van der Waals surface area contributed by atoms with Gasteiger partial charge >= 0.3 is 12.1 Å². The Bertz CT molecular complexity index is 770. The number of carbonyl (C=O) groups excluding carboxylic acids is 5. The van der Waals surface area contributed by atoms with Crippen LogP contribution in [-0.4, -0.2) is 53.9 Å². The molecule has 0 aromatic heterocycles. The van der Waals surface area contributed by atoms with Gasteiger partial charge in [-0.2, -0.15) is 0 Å². The van der Waals surface area contributed by atoms with Crippen LogP contribution in [0.15, 0.2) is 24.3 Å². The number of amides is 4. The summed E-state index contributed by atoms with van der Waals surface area (Å²) in [6.45, 7) is 4.41. The van der Waals surface area contributed by atoms with Gasteiger partial charge < -0.3 is 9.47 Å². The summed E-state index contributed by atoms with van der Waals surface area (Å²) in [5.74, 6) is -3.35. The SMILES string of the molecule is CCOC(=O)NC(=O)COC(=O)[C@H]([C@@H](C)CC)N1C(=O)c2ccccc2C1=O. The van der Waals surface area contributed by atoms with Crippen LogP contribution in [0.3, 0.4) is 0 Å². The molecule has 0 spiro atoms. The molecule has 0 saturated carbocycles. The van der Waals surface area contributed by atoms with Crippen molar-refractivity contribution in [1.29, 1.82) is 0 Å². The van der Waals surface area contributed by atoms with E-state index in [-0.39, 0.29) is 17.7 Å². The van der Waals surface area contributed by atoms with Gasteiger partial charge in [-0.1, -0.05) is 32.4 Å². The highest BCUT2D eigenvalue weighted by atomic mass is 16.6. The summed E-state index contributed by atoms with van der Waals surface area (Å²) in [5.41, 5.74) is 0.433. The van der Waals surface area contributed by atoms with Crippen LogP contribution in [0.4, 0.5) is 4.79 Å². The van der Waals surface area contributed by atoms with E-state index in [1.807, 2.05) is 5.32 Å². The van der Waals surface area contributed by atoms with E-state index >= 15 is 0 Å². The van der Waals surface area contributed by atoms with Crippen molar-refractivity contribution < 1.29 is 33.4 Å². The normalized spacial score (nSPS) is 14.9. The quantitative estimate of drug-likeness (QED) is 0.554. The first-order valence-electron chi connectivity index (χ1n) is 8.91. The summed E-state index contributed by atoms with van der Waals surface area (Å²) in [6, 6.07) is 5.10. The van der Waals surface area contributed by atoms with Crippen molar-refractivity contribution in [3.8, 4) is 0 Å². The van der Waals surface area contributed by atoms with E-state index < -0.39 is 48.4 Å². The number of hydrogen-bond donors (Lipinski definition) is 1. The highest BCUT2D eigenvalue weighted by Crippen LogP contribution is 2.28. The molecule has 9 heteroatoms. The number of carbonyl (C=O) groups is 5. The number of nitrogens with one attached hydrogen (secondary N) is 1. The monoisotopic (exact) mass is 390 g/mol. The Morgan fingerprint density at radius 3 is 2.11 bits per heavy atom. The Hall–Kier alpha value is -3.23. The first kappa shape index (κ1) is 21.1. The van der Waals surface area contributed by atoms with E-state index in [4.69, 9.17) is 4.74 Å². The number of fused-ring (bicyclic) bond motifs is 1. The van der Waals surface area contributed by atoms with Crippen molar-refractivity contribution in [3.63, 3.8) is 0 Å². The van der Waals surface area contributed by atoms with E-state index in [0.29, 0.717) is 6.42 Å². The summed E-state index contributed by atoms with van der Waals surface area (Å²) in [4.78, 5) is 61.8. The number of benzene rings is 1. The fourth-order valence-electron chi connectivity index (χ4n) is 2.82. The second kappa shape index (κ2) is 9.12. The third-order valence-electron chi connectivity index (χ3n) is 4.39. The van der Waals surface area contributed by atoms with Crippen molar-refractivity contribution in [1.82, 2.24) is 10.2 Å². The van der Waals surface area contributed by atoms with Gasteiger partial charge in [-0.05, 0) is 25.0 Å². The Kier molecular flexibility index (Phi) is 6.86. The lowest BCUT2D eigenvalue weighted by atomic mass is 9.97. The maximum absolute atomic E-state index is 12.7. The van der Waals surface area contributed by atoms with Crippen molar-refractivity contribution in [2.45, 2.75) is 33.2 Å². The number of esters is 1. The van der Waals surface area contributed by atoms with Crippen LogP contribution >= 0.6 is 0 Å². The molecule has 0 saturated heterocycles. The first-order valence-corrected chi connectivity index (χ1v) is 8.91. The third kappa shape index (κ3) is 4.36. The lowest BCUT2D eigenvalue weighted by Crippen LogP contribution is -2.50. The zero-order valence-electron chi connectivity index (χ0n) is 15.9. The molecule has 0 bridgehead atoms. The minimum absolute atomic E-state index is 0.0781. The molecular formula is C19H22N2O7. The molecule has 1 N–H and O–H groups in total. The molecular weight excluding hydrogens is 368 g/mol. The molecule has 9 nitrogen and oxygen atoms in total. The van der Waals surface area contributed by atoms with E-state index in [9.17, 15) is 24.0 Å². The summed E-state index contributed by atoms with van der Waals surface area (Å²) in [6.07, 6.45) is -0.468. The molecule has 4 amide bonds. The van der Waals surface area contributed by atoms with E-state index in [1.54, 1.807) is 32.9 Å². The van der Waals surface area contributed by atoms with Crippen molar-refractivity contribution in [2.75, 3.05) is 13.2 Å². The maximum atomic E-state index is 12.7. The third-order valence-corrected chi connectivity index (χ3v) is 4.39. The molecule has 1 aliphatic heterocycles. The van der Waals surface area contributed by atoms with E-state index in [0.717, 1.165) is 4.90 Å². The highest BCUT2D eigenvalue weighted by molar-refractivity contribution is 6.22. The van der Waals surface area contributed by atoms with Crippen LogP contribution in [0.2, 0.25) is 0 Å². The molecule has 2 atom stereocenters. The Morgan fingerprint density at radius 2 is 1.61 bits per heavy atom. The fraction of sp³-hybridized carbons (Fsp3) is 0.421. The molecule has 0 unspecified atom stereocenters. The molecule has 0 aliphatic carbocycles. The molecule has 150 valence electrons. The summed E-state index contributed by atoms with van der Waals surface area (Å²) >= 11 is 0. The fourth-order valence-corrected chi connectivity index (χ4v) is 2.82. The van der Waals surface area contributed by atoms with Gasteiger partial charge in [-0.15, -0.1) is 0 Å². The van der Waals surface area contributed by atoms with Gasteiger partial charge in [0.15, 0.2) is 6.61 Å². The van der Waals surface area contributed by atoms with Crippen LogP contribution < -0.4 is 5.32 Å². The number of ether oxygens (including phenoxy) is 2. The number of hydrogen-bond acceptors (Lipinski definition) is 7. The lowest BCUT2D eigenvalue weighted by molar-refractivity contribution is -0.153. The van der Waals surface area contributed by atoms with Crippen LogP contribution in [0.25, 0.3) is 0 Å². The zero-order valence-corrected chi connectivity index (χ0v) is 15.9. The molecule has 0 fully saturated rings. The highest BCUT2D eigenvalue weighted by Gasteiger charge is 2.45. The smallest absolute Gasteiger partial charge is 0.413 e. The summed E-state index contributed by atoms with van der Waals surface area (Å²) < 4.78 is 9.53. The van der Waals surface area contributed by atoms with Gasteiger partial charge in [-0.25, -0.2) is 9.59 Å². The molecule has 1 heterocycles. The first-order chi connectivity index (χ1) is 13.3. The van der Waals surface area contributed by atoms with E-state index in [1.165, 1.54) is 12.1 Å². The van der Waals surface area contributed by atoms with Gasteiger partial charge in [0.25, 0.3) is 17.7 Å². The topological polar surface area (TPSA) is 119 Å². The summed E-state index contributed by atoms with van der Waals surface area (Å²) in [5, 5.41) is 1.89. The predicted octanol–water partition coefficient (Wildman–Crippen LogP) is 1.51. The standard InChI is InChI=1S/C19H22N2O7/c1-4-11(3)15(18(25)28-10-14(22)20-19(26)27-5-2)21-16(23)12-8-6-7-9-13(12)17(21)24/h6-9,11,15H,4-5,10H2,1-3H3,(H,20,22,26)/t11-,15-/m0/s1. The van der Waals surface area contributed by atoms with Gasteiger partial charge in [0.05, 0.1) is 17.7 Å². The average Bonchev–Trinajstić information content (AvgIpc) is 2.92. The molecule has 1 aromatic carbocycles. The molecule has 1 aliphatic rings. The van der Waals surface area contributed by atoms with Crippen LogP contribution in [0, 0.1) is 5.92 Å². The zero-order chi connectivity index (χ0) is 20.8.